The maximum Gasteiger partial charge on any atom is 0.212 e. The zero-order valence-corrected chi connectivity index (χ0v) is 8.60. The first kappa shape index (κ1) is 8.87. The van der Waals surface area contributed by atoms with E-state index in [-0.39, 0.29) is 5.41 Å². The van der Waals surface area contributed by atoms with Crippen molar-refractivity contribution in [3.05, 3.63) is 9.81 Å². The minimum absolute atomic E-state index is 0.153. The molecule has 0 aromatic carbocycles. The molecule has 0 atom stereocenters. The van der Waals surface area contributed by atoms with Crippen LogP contribution in [0.5, 0.6) is 0 Å². The van der Waals surface area contributed by atoms with Gasteiger partial charge < -0.3 is 0 Å². The molecule has 11 heavy (non-hydrogen) atoms. The summed E-state index contributed by atoms with van der Waals surface area (Å²) in [5.41, 5.74) is 0.153. The molecule has 1 aromatic heterocycles. The lowest BCUT2D eigenvalue weighted by Crippen LogP contribution is -2.16. The molecule has 1 heterocycles. The van der Waals surface area contributed by atoms with Crippen LogP contribution >= 0.6 is 20.7 Å². The summed E-state index contributed by atoms with van der Waals surface area (Å²) in [5, 5.41) is 8.38. The standard InChI is InChI=1S/C7H12N2S2/c1-4-7(2,3)5-9-6(8)11-10-5/h8H,4H2,1-3H3. The van der Waals surface area contributed by atoms with E-state index < -0.39 is 0 Å². The van der Waals surface area contributed by atoms with Crippen molar-refractivity contribution in [2.24, 2.45) is 0 Å². The molecule has 0 amide bonds. The molecule has 0 fully saturated rings. The highest BCUT2D eigenvalue weighted by atomic mass is 32.9. The van der Waals surface area contributed by atoms with E-state index in [9.17, 15) is 0 Å². The molecule has 0 aliphatic rings. The molecule has 1 N–H and O–H groups in total. The molecule has 62 valence electrons. The van der Waals surface area contributed by atoms with Crippen LogP contribution in [0.4, 0.5) is 0 Å². The second-order valence-corrected chi connectivity index (χ2v) is 5.23. The molecule has 1 rings (SSSR count). The van der Waals surface area contributed by atoms with Crippen molar-refractivity contribution in [3.8, 4) is 0 Å². The second-order valence-electron chi connectivity index (χ2n) is 3.13. The van der Waals surface area contributed by atoms with Gasteiger partial charge in [-0.05, 0) is 16.8 Å². The van der Waals surface area contributed by atoms with E-state index in [0.717, 1.165) is 11.4 Å². The zero-order chi connectivity index (χ0) is 8.48. The monoisotopic (exact) mass is 188 g/mol. The Morgan fingerprint density at radius 3 is 2.45 bits per heavy atom. The van der Waals surface area contributed by atoms with Gasteiger partial charge in [-0.15, -0.1) is 0 Å². The van der Waals surface area contributed by atoms with E-state index in [1.54, 1.807) is 10.3 Å². The summed E-state index contributed by atoms with van der Waals surface area (Å²) < 4.78 is 0. The highest BCUT2D eigenvalue weighted by Gasteiger charge is 2.21. The number of aromatic nitrogens is 1. The highest BCUT2D eigenvalue weighted by Crippen LogP contribution is 2.28. The van der Waals surface area contributed by atoms with Gasteiger partial charge in [0.2, 0.25) is 4.80 Å². The zero-order valence-electron chi connectivity index (χ0n) is 6.97. The normalized spacial score (nSPS) is 11.9. The van der Waals surface area contributed by atoms with Crippen LogP contribution in [-0.4, -0.2) is 4.98 Å². The predicted molar refractivity (Wildman–Crippen MR) is 49.2 cm³/mol. The van der Waals surface area contributed by atoms with Gasteiger partial charge in [0.15, 0.2) is 0 Å². The second kappa shape index (κ2) is 3.03. The molecule has 0 radical (unpaired) electrons. The number of rotatable bonds is 2. The average Bonchev–Trinajstić information content (AvgIpc) is 2.36. The average molecular weight is 188 g/mol. The fourth-order valence-electron chi connectivity index (χ4n) is 0.624. The van der Waals surface area contributed by atoms with Crippen LogP contribution in [0.2, 0.25) is 0 Å². The van der Waals surface area contributed by atoms with Crippen molar-refractivity contribution in [1.29, 1.82) is 5.41 Å². The van der Waals surface area contributed by atoms with Crippen LogP contribution in [0, 0.1) is 5.41 Å². The first-order valence-corrected chi connectivity index (χ1v) is 5.73. The van der Waals surface area contributed by atoms with Crippen LogP contribution in [0.25, 0.3) is 0 Å². The minimum Gasteiger partial charge on any atom is -0.273 e. The third-order valence-corrected chi connectivity index (χ3v) is 4.20. The summed E-state index contributed by atoms with van der Waals surface area (Å²) in [6.45, 7) is 6.48. The van der Waals surface area contributed by atoms with Gasteiger partial charge in [-0.2, -0.15) is 0 Å². The third kappa shape index (κ3) is 1.87. The van der Waals surface area contributed by atoms with Crippen molar-refractivity contribution in [3.63, 3.8) is 0 Å². The topological polar surface area (TPSA) is 36.7 Å². The Balaban J connectivity index is 3.01. The maximum absolute atomic E-state index is 7.29. The van der Waals surface area contributed by atoms with E-state index in [1.807, 2.05) is 0 Å². The Morgan fingerprint density at radius 2 is 2.09 bits per heavy atom. The Hall–Kier alpha value is -0.220. The summed E-state index contributed by atoms with van der Waals surface area (Å²) in [4.78, 5) is 4.59. The molecule has 0 aliphatic carbocycles. The van der Waals surface area contributed by atoms with E-state index in [2.05, 4.69) is 25.8 Å². The fourth-order valence-corrected chi connectivity index (χ4v) is 2.84. The molecule has 0 spiro atoms. The fraction of sp³-hybridized carbons (Fsp3) is 0.714. The van der Waals surface area contributed by atoms with Crippen LogP contribution < -0.4 is 4.80 Å². The maximum atomic E-state index is 7.29. The Labute approximate surface area is 73.8 Å². The van der Waals surface area contributed by atoms with Crippen molar-refractivity contribution in [2.75, 3.05) is 0 Å². The van der Waals surface area contributed by atoms with Crippen LogP contribution in [-0.2, 0) is 5.41 Å². The van der Waals surface area contributed by atoms with Crippen LogP contribution in [0.3, 0.4) is 0 Å². The summed E-state index contributed by atoms with van der Waals surface area (Å²) >= 11 is 0. The van der Waals surface area contributed by atoms with Gasteiger partial charge in [0, 0.05) is 5.41 Å². The summed E-state index contributed by atoms with van der Waals surface area (Å²) in [6, 6.07) is 0. The molecular formula is C7H12N2S2. The predicted octanol–water partition coefficient (Wildman–Crippen LogP) is 2.37. The summed E-state index contributed by atoms with van der Waals surface area (Å²) in [6.07, 6.45) is 1.08. The molecule has 0 saturated heterocycles. The largest absolute Gasteiger partial charge is 0.273 e. The lowest BCUT2D eigenvalue weighted by Gasteiger charge is -2.17. The summed E-state index contributed by atoms with van der Waals surface area (Å²) in [7, 11) is 3.07. The van der Waals surface area contributed by atoms with Crippen molar-refractivity contribution >= 4 is 20.7 Å². The number of hydrogen-bond donors (Lipinski definition) is 1. The molecular weight excluding hydrogens is 176 g/mol. The molecule has 0 aliphatic heterocycles. The molecule has 2 nitrogen and oxygen atoms in total. The first-order chi connectivity index (χ1) is 5.06. The lowest BCUT2D eigenvalue weighted by atomic mass is 9.91. The quantitative estimate of drug-likeness (QED) is 0.711. The Bertz CT molecular complexity index is 285. The van der Waals surface area contributed by atoms with Gasteiger partial charge in [0.1, 0.15) is 5.01 Å². The third-order valence-electron chi connectivity index (χ3n) is 1.87. The highest BCUT2D eigenvalue weighted by molar-refractivity contribution is 7.68. The van der Waals surface area contributed by atoms with Gasteiger partial charge >= 0.3 is 0 Å². The Kier molecular flexibility index (Phi) is 2.44. The van der Waals surface area contributed by atoms with Gasteiger partial charge in [0.25, 0.3) is 0 Å². The van der Waals surface area contributed by atoms with Gasteiger partial charge in [-0.3, -0.25) is 5.41 Å². The molecule has 4 heteroatoms. The Morgan fingerprint density at radius 1 is 1.45 bits per heavy atom. The van der Waals surface area contributed by atoms with Crippen molar-refractivity contribution < 1.29 is 0 Å². The van der Waals surface area contributed by atoms with Crippen LogP contribution in [0.15, 0.2) is 0 Å². The molecule has 0 saturated carbocycles. The smallest absolute Gasteiger partial charge is 0.212 e. The van der Waals surface area contributed by atoms with E-state index >= 15 is 0 Å². The van der Waals surface area contributed by atoms with Crippen molar-refractivity contribution in [2.45, 2.75) is 32.6 Å². The number of hydrogen-bond acceptors (Lipinski definition) is 4. The number of nitrogens with zero attached hydrogens (tertiary/aromatic N) is 1. The van der Waals surface area contributed by atoms with Crippen LogP contribution in [0.1, 0.15) is 32.2 Å². The SMILES string of the molecule is CCC(C)(C)c1nc(=N)ss1. The lowest BCUT2D eigenvalue weighted by molar-refractivity contribution is 0.501. The minimum atomic E-state index is 0.153. The van der Waals surface area contributed by atoms with Gasteiger partial charge in [-0.1, -0.05) is 31.1 Å². The summed E-state index contributed by atoms with van der Waals surface area (Å²) in [5.74, 6) is 0. The number of nitrogens with one attached hydrogen (secondary N) is 1. The van der Waals surface area contributed by atoms with Crippen molar-refractivity contribution in [1.82, 2.24) is 4.98 Å². The van der Waals surface area contributed by atoms with Gasteiger partial charge in [-0.25, -0.2) is 4.98 Å². The van der Waals surface area contributed by atoms with E-state index in [1.165, 1.54) is 10.3 Å². The molecule has 1 aromatic rings. The molecule has 0 unspecified atom stereocenters. The van der Waals surface area contributed by atoms with E-state index in [0.29, 0.717) is 4.80 Å². The van der Waals surface area contributed by atoms with E-state index in [4.69, 9.17) is 5.41 Å². The van der Waals surface area contributed by atoms with Gasteiger partial charge in [0.05, 0.1) is 0 Å². The molecule has 0 bridgehead atoms. The first-order valence-electron chi connectivity index (χ1n) is 3.58.